The van der Waals surface area contributed by atoms with E-state index in [-0.39, 0.29) is 15.7 Å². The van der Waals surface area contributed by atoms with E-state index >= 15 is 0 Å². The molecule has 0 aliphatic heterocycles. The van der Waals surface area contributed by atoms with Gasteiger partial charge in [0.1, 0.15) is 9.20 Å². The van der Waals surface area contributed by atoms with Crippen LogP contribution in [0.4, 0.5) is 0 Å². The number of nitrogens with zero attached hydrogens (tertiary/aromatic N) is 2. The van der Waals surface area contributed by atoms with Crippen LogP contribution >= 0.6 is 23.6 Å². The van der Waals surface area contributed by atoms with Gasteiger partial charge in [-0.05, 0) is 12.1 Å². The highest BCUT2D eigenvalue weighted by Gasteiger charge is 2.17. The smallest absolute Gasteiger partial charge is 0.250 e. The number of thiocarbonyl (C=S) groups is 1. The Hall–Kier alpha value is -1.36. The van der Waals surface area contributed by atoms with Crippen molar-refractivity contribution in [2.24, 2.45) is 5.73 Å². The Bertz CT molecular complexity index is 663. The van der Waals surface area contributed by atoms with Gasteiger partial charge in [0.2, 0.25) is 15.9 Å². The molecule has 0 spiro atoms. The summed E-state index contributed by atoms with van der Waals surface area (Å²) in [6, 6.07) is 3.05. The Labute approximate surface area is 118 Å². The van der Waals surface area contributed by atoms with Crippen molar-refractivity contribution in [2.75, 3.05) is 6.54 Å². The Morgan fingerprint density at radius 2 is 2.32 bits per heavy atom. The quantitative estimate of drug-likeness (QED) is 0.736. The Morgan fingerprint density at radius 1 is 1.53 bits per heavy atom. The minimum Gasteiger partial charge on any atom is -0.389 e. The Balaban J connectivity index is 1.99. The molecule has 0 atom stereocenters. The zero-order chi connectivity index (χ0) is 13.9. The van der Waals surface area contributed by atoms with Crippen LogP contribution in [-0.4, -0.2) is 30.1 Å². The van der Waals surface area contributed by atoms with E-state index in [1.54, 1.807) is 6.07 Å². The van der Waals surface area contributed by atoms with Gasteiger partial charge in [-0.2, -0.15) is 4.98 Å². The van der Waals surface area contributed by atoms with Gasteiger partial charge < -0.3 is 10.3 Å². The summed E-state index contributed by atoms with van der Waals surface area (Å²) in [5.41, 5.74) is 5.43. The summed E-state index contributed by atoms with van der Waals surface area (Å²) in [6.45, 7) is 0.171. The van der Waals surface area contributed by atoms with Gasteiger partial charge >= 0.3 is 0 Å². The predicted octanol–water partition coefficient (Wildman–Crippen LogP) is 0.286. The molecule has 10 heteroatoms. The lowest BCUT2D eigenvalue weighted by Crippen LogP contribution is -2.25. The molecular formula is C9H10N4O3S3. The molecule has 19 heavy (non-hydrogen) atoms. The molecule has 3 N–H and O–H groups in total. The Kier molecular flexibility index (Phi) is 4.24. The van der Waals surface area contributed by atoms with E-state index < -0.39 is 10.0 Å². The molecule has 7 nitrogen and oxygen atoms in total. The summed E-state index contributed by atoms with van der Waals surface area (Å²) in [6.07, 6.45) is 1.59. The van der Waals surface area contributed by atoms with Crippen LogP contribution in [0.1, 0.15) is 10.8 Å². The van der Waals surface area contributed by atoms with Crippen molar-refractivity contribution in [3.8, 4) is 0 Å². The van der Waals surface area contributed by atoms with Crippen LogP contribution in [0, 0.1) is 0 Å². The van der Waals surface area contributed by atoms with Gasteiger partial charge in [0, 0.05) is 13.0 Å². The summed E-state index contributed by atoms with van der Waals surface area (Å²) in [5, 5.41) is 3.43. The Morgan fingerprint density at radius 3 is 2.89 bits per heavy atom. The first kappa shape index (κ1) is 14.1. The largest absolute Gasteiger partial charge is 0.389 e. The van der Waals surface area contributed by atoms with Crippen molar-refractivity contribution < 1.29 is 12.9 Å². The van der Waals surface area contributed by atoms with Crippen LogP contribution in [-0.2, 0) is 16.4 Å². The highest BCUT2D eigenvalue weighted by Crippen LogP contribution is 2.21. The van der Waals surface area contributed by atoms with E-state index in [0.717, 1.165) is 11.3 Å². The van der Waals surface area contributed by atoms with Gasteiger partial charge in [-0.15, -0.1) is 11.3 Å². The minimum absolute atomic E-state index is 0.167. The summed E-state index contributed by atoms with van der Waals surface area (Å²) < 4.78 is 31.3. The number of nitrogens with two attached hydrogens (primary N) is 1. The van der Waals surface area contributed by atoms with Crippen molar-refractivity contribution in [3.05, 3.63) is 29.2 Å². The zero-order valence-corrected chi connectivity index (χ0v) is 12.0. The number of hydrogen-bond donors (Lipinski definition) is 2. The average Bonchev–Trinajstić information content (AvgIpc) is 2.99. The van der Waals surface area contributed by atoms with Gasteiger partial charge in [-0.1, -0.05) is 17.4 Å². The molecule has 0 fully saturated rings. The third-order valence-electron chi connectivity index (χ3n) is 2.13. The third kappa shape index (κ3) is 3.56. The number of thiophene rings is 1. The molecule has 102 valence electrons. The highest BCUT2D eigenvalue weighted by atomic mass is 32.2. The maximum absolute atomic E-state index is 11.9. The van der Waals surface area contributed by atoms with Gasteiger partial charge in [0.15, 0.2) is 6.33 Å². The molecular weight excluding hydrogens is 308 g/mol. The maximum Gasteiger partial charge on any atom is 0.250 e. The van der Waals surface area contributed by atoms with Crippen LogP contribution in [0.25, 0.3) is 0 Å². The molecule has 2 rings (SSSR count). The van der Waals surface area contributed by atoms with E-state index in [1.165, 1.54) is 12.4 Å². The highest BCUT2D eigenvalue weighted by molar-refractivity contribution is 7.91. The SMILES string of the molecule is NC(=S)c1ccc(S(=O)(=O)NCCc2ncno2)s1. The second kappa shape index (κ2) is 5.74. The molecule has 0 amide bonds. The molecule has 0 aliphatic rings. The van der Waals surface area contributed by atoms with Crippen LogP contribution < -0.4 is 10.5 Å². The minimum atomic E-state index is -3.56. The number of sulfonamides is 1. The molecule has 2 aromatic rings. The van der Waals surface area contributed by atoms with Gasteiger partial charge in [-0.25, -0.2) is 13.1 Å². The predicted molar refractivity (Wildman–Crippen MR) is 73.4 cm³/mol. The van der Waals surface area contributed by atoms with Crippen molar-refractivity contribution >= 4 is 38.6 Å². The van der Waals surface area contributed by atoms with Crippen LogP contribution in [0.3, 0.4) is 0 Å². The molecule has 0 bridgehead atoms. The van der Waals surface area contributed by atoms with E-state index in [0.29, 0.717) is 17.2 Å². The zero-order valence-electron chi connectivity index (χ0n) is 9.57. The van der Waals surface area contributed by atoms with Gasteiger partial charge in [0.05, 0.1) is 4.88 Å². The molecule has 2 heterocycles. The maximum atomic E-state index is 11.9. The summed E-state index contributed by atoms with van der Waals surface area (Å²) in [7, 11) is -3.56. The molecule has 0 aliphatic carbocycles. The summed E-state index contributed by atoms with van der Waals surface area (Å²) >= 11 is 5.81. The fourth-order valence-corrected chi connectivity index (χ4v) is 3.69. The fourth-order valence-electron chi connectivity index (χ4n) is 1.27. The lowest BCUT2D eigenvalue weighted by molar-refractivity contribution is 0.377. The standard InChI is InChI=1S/C9H10N4O3S3/c10-9(17)6-1-2-8(18-6)19(14,15)13-4-3-7-11-5-12-16-7/h1-2,5,13H,3-4H2,(H2,10,17). The van der Waals surface area contributed by atoms with Crippen LogP contribution in [0.2, 0.25) is 0 Å². The average molecular weight is 318 g/mol. The summed E-state index contributed by atoms with van der Waals surface area (Å²) in [4.78, 5) is 4.53. The van der Waals surface area contributed by atoms with Crippen molar-refractivity contribution in [3.63, 3.8) is 0 Å². The molecule has 0 unspecified atom stereocenters. The van der Waals surface area contributed by atoms with Gasteiger partial charge in [0.25, 0.3) is 0 Å². The molecule has 0 saturated carbocycles. The second-order valence-electron chi connectivity index (χ2n) is 3.47. The van der Waals surface area contributed by atoms with E-state index in [1.807, 2.05) is 0 Å². The van der Waals surface area contributed by atoms with Crippen LogP contribution in [0.15, 0.2) is 27.2 Å². The van der Waals surface area contributed by atoms with E-state index in [4.69, 9.17) is 22.5 Å². The fraction of sp³-hybridized carbons (Fsp3) is 0.222. The normalized spacial score (nSPS) is 11.6. The first-order valence-electron chi connectivity index (χ1n) is 5.14. The van der Waals surface area contributed by atoms with E-state index in [2.05, 4.69) is 14.9 Å². The molecule has 2 aromatic heterocycles. The summed E-state index contributed by atoms with van der Waals surface area (Å²) in [5.74, 6) is 0.373. The van der Waals surface area contributed by atoms with Crippen LogP contribution in [0.5, 0.6) is 0 Å². The monoisotopic (exact) mass is 318 g/mol. The number of rotatable bonds is 6. The van der Waals surface area contributed by atoms with Crippen molar-refractivity contribution in [2.45, 2.75) is 10.6 Å². The van der Waals surface area contributed by atoms with Crippen molar-refractivity contribution in [1.82, 2.24) is 14.9 Å². The topological polar surface area (TPSA) is 111 Å². The molecule has 0 saturated heterocycles. The van der Waals surface area contributed by atoms with E-state index in [9.17, 15) is 8.42 Å². The lowest BCUT2D eigenvalue weighted by atomic mass is 10.4. The molecule has 0 aromatic carbocycles. The number of aromatic nitrogens is 2. The number of hydrogen-bond acceptors (Lipinski definition) is 7. The number of nitrogens with one attached hydrogen (secondary N) is 1. The second-order valence-corrected chi connectivity index (χ2v) is 6.98. The van der Waals surface area contributed by atoms with Gasteiger partial charge in [-0.3, -0.25) is 0 Å². The molecule has 0 radical (unpaired) electrons. The first-order valence-corrected chi connectivity index (χ1v) is 7.85. The first-order chi connectivity index (χ1) is 8.99. The lowest BCUT2D eigenvalue weighted by Gasteiger charge is -2.02. The third-order valence-corrected chi connectivity index (χ3v) is 5.55. The van der Waals surface area contributed by atoms with Crippen molar-refractivity contribution in [1.29, 1.82) is 0 Å².